The van der Waals surface area contributed by atoms with Crippen molar-refractivity contribution >= 4 is 17.3 Å². The van der Waals surface area contributed by atoms with Gasteiger partial charge < -0.3 is 4.74 Å². The van der Waals surface area contributed by atoms with Crippen molar-refractivity contribution in [2.45, 2.75) is 6.61 Å². The van der Waals surface area contributed by atoms with Crippen molar-refractivity contribution in [3.63, 3.8) is 0 Å². The molecular formula is C12H9FO2S. The molecule has 1 heterocycles. The minimum atomic E-state index is -0.376. The molecular weight excluding hydrogens is 227 g/mol. The Bertz CT molecular complexity index is 480. The lowest BCUT2D eigenvalue weighted by Gasteiger charge is -2.03. The fourth-order valence-corrected chi connectivity index (χ4v) is 1.86. The van der Waals surface area contributed by atoms with Crippen LogP contribution in [0.3, 0.4) is 0 Å². The Kier molecular flexibility index (Phi) is 3.31. The lowest BCUT2D eigenvalue weighted by atomic mass is 10.2. The summed E-state index contributed by atoms with van der Waals surface area (Å²) in [7, 11) is 0. The number of carbonyl (C=O) groups is 1. The van der Waals surface area contributed by atoms with E-state index in [2.05, 4.69) is 0 Å². The minimum absolute atomic E-state index is 0.0918. The zero-order valence-corrected chi connectivity index (χ0v) is 9.17. The van der Waals surface area contributed by atoms with Crippen molar-refractivity contribution in [2.75, 3.05) is 0 Å². The van der Waals surface area contributed by atoms with Crippen molar-refractivity contribution in [3.05, 3.63) is 58.0 Å². The first kappa shape index (κ1) is 10.8. The Morgan fingerprint density at radius 3 is 2.88 bits per heavy atom. The van der Waals surface area contributed by atoms with Gasteiger partial charge in [-0.25, -0.2) is 9.18 Å². The average molecular weight is 236 g/mol. The molecule has 82 valence electrons. The first-order chi connectivity index (χ1) is 7.75. The summed E-state index contributed by atoms with van der Waals surface area (Å²) >= 11 is 1.32. The molecule has 2 nitrogen and oxygen atoms in total. The van der Waals surface area contributed by atoms with Gasteiger partial charge in [-0.15, -0.1) is 11.3 Å². The summed E-state index contributed by atoms with van der Waals surface area (Å²) in [5.41, 5.74) is 0.643. The monoisotopic (exact) mass is 236 g/mol. The number of esters is 1. The van der Waals surface area contributed by atoms with Crippen LogP contribution in [0.2, 0.25) is 0 Å². The highest BCUT2D eigenvalue weighted by Crippen LogP contribution is 2.12. The molecule has 1 aromatic heterocycles. The maximum atomic E-state index is 12.8. The third-order valence-electron chi connectivity index (χ3n) is 1.98. The Labute approximate surface area is 96.3 Å². The van der Waals surface area contributed by atoms with Crippen LogP contribution >= 0.6 is 11.3 Å². The summed E-state index contributed by atoms with van der Waals surface area (Å²) in [6.45, 7) is 0.0918. The van der Waals surface area contributed by atoms with Crippen molar-refractivity contribution in [3.8, 4) is 0 Å². The second-order valence-electron chi connectivity index (χ2n) is 3.18. The van der Waals surface area contributed by atoms with E-state index in [4.69, 9.17) is 4.74 Å². The van der Waals surface area contributed by atoms with E-state index in [0.717, 1.165) is 0 Å². The van der Waals surface area contributed by atoms with Crippen molar-refractivity contribution < 1.29 is 13.9 Å². The van der Waals surface area contributed by atoms with E-state index in [9.17, 15) is 9.18 Å². The number of rotatable bonds is 3. The molecule has 1 aromatic carbocycles. The summed E-state index contributed by atoms with van der Waals surface area (Å²) in [5.74, 6) is -0.705. The fourth-order valence-electron chi connectivity index (χ4n) is 1.24. The van der Waals surface area contributed by atoms with Gasteiger partial charge in [0.05, 0.1) is 0 Å². The first-order valence-electron chi connectivity index (χ1n) is 4.71. The van der Waals surface area contributed by atoms with E-state index in [-0.39, 0.29) is 18.4 Å². The first-order valence-corrected chi connectivity index (χ1v) is 5.59. The van der Waals surface area contributed by atoms with Gasteiger partial charge in [0, 0.05) is 0 Å². The summed E-state index contributed by atoms with van der Waals surface area (Å²) in [6.07, 6.45) is 0. The van der Waals surface area contributed by atoms with Crippen LogP contribution in [0.25, 0.3) is 0 Å². The molecule has 0 aliphatic heterocycles. The molecule has 4 heteroatoms. The Hall–Kier alpha value is -1.68. The predicted octanol–water partition coefficient (Wildman–Crippen LogP) is 3.24. The van der Waals surface area contributed by atoms with E-state index in [1.54, 1.807) is 29.6 Å². The van der Waals surface area contributed by atoms with E-state index in [1.807, 2.05) is 0 Å². The van der Waals surface area contributed by atoms with E-state index in [1.165, 1.54) is 23.5 Å². The molecule has 0 fully saturated rings. The SMILES string of the molecule is O=C(OCc1cccc(F)c1)c1cccs1. The molecule has 0 atom stereocenters. The van der Waals surface area contributed by atoms with Gasteiger partial charge in [-0.05, 0) is 29.1 Å². The molecule has 0 N–H and O–H groups in total. The largest absolute Gasteiger partial charge is 0.457 e. The number of carbonyl (C=O) groups excluding carboxylic acids is 1. The molecule has 0 unspecified atom stereocenters. The second-order valence-corrected chi connectivity index (χ2v) is 4.13. The van der Waals surface area contributed by atoms with Gasteiger partial charge in [0.2, 0.25) is 0 Å². The molecule has 0 saturated heterocycles. The zero-order valence-electron chi connectivity index (χ0n) is 8.35. The lowest BCUT2D eigenvalue weighted by Crippen LogP contribution is -2.03. The van der Waals surface area contributed by atoms with Crippen LogP contribution in [-0.4, -0.2) is 5.97 Å². The van der Waals surface area contributed by atoms with Crippen LogP contribution in [-0.2, 0) is 11.3 Å². The molecule has 0 radical (unpaired) electrons. The summed E-state index contributed by atoms with van der Waals surface area (Å²) < 4.78 is 17.9. The van der Waals surface area contributed by atoms with Crippen LogP contribution < -0.4 is 0 Å². The summed E-state index contributed by atoms with van der Waals surface area (Å²) in [5, 5.41) is 1.80. The fraction of sp³-hybridized carbons (Fsp3) is 0.0833. The average Bonchev–Trinajstić information content (AvgIpc) is 2.79. The summed E-state index contributed by atoms with van der Waals surface area (Å²) in [6, 6.07) is 9.47. The van der Waals surface area contributed by atoms with Gasteiger partial charge in [-0.3, -0.25) is 0 Å². The van der Waals surface area contributed by atoms with E-state index >= 15 is 0 Å². The number of ether oxygens (including phenoxy) is 1. The van der Waals surface area contributed by atoms with Gasteiger partial charge >= 0.3 is 5.97 Å². The quantitative estimate of drug-likeness (QED) is 0.765. The third kappa shape index (κ3) is 2.67. The van der Waals surface area contributed by atoms with Crippen LogP contribution in [0.1, 0.15) is 15.2 Å². The third-order valence-corrected chi connectivity index (χ3v) is 2.83. The van der Waals surface area contributed by atoms with Gasteiger partial charge in [0.25, 0.3) is 0 Å². The van der Waals surface area contributed by atoms with Gasteiger partial charge in [-0.2, -0.15) is 0 Å². The maximum absolute atomic E-state index is 12.8. The smallest absolute Gasteiger partial charge is 0.348 e. The molecule has 16 heavy (non-hydrogen) atoms. The van der Waals surface area contributed by atoms with Gasteiger partial charge in [0.15, 0.2) is 0 Å². The molecule has 0 bridgehead atoms. The molecule has 0 aliphatic carbocycles. The minimum Gasteiger partial charge on any atom is -0.457 e. The number of hydrogen-bond acceptors (Lipinski definition) is 3. The van der Waals surface area contributed by atoms with Crippen LogP contribution in [0.5, 0.6) is 0 Å². The highest BCUT2D eigenvalue weighted by Gasteiger charge is 2.07. The number of hydrogen-bond donors (Lipinski definition) is 0. The van der Waals surface area contributed by atoms with E-state index in [0.29, 0.717) is 10.4 Å². The highest BCUT2D eigenvalue weighted by molar-refractivity contribution is 7.11. The molecule has 0 amide bonds. The van der Waals surface area contributed by atoms with Crippen LogP contribution in [0.15, 0.2) is 41.8 Å². The topological polar surface area (TPSA) is 26.3 Å². The number of halogens is 1. The number of thiophene rings is 1. The normalized spacial score (nSPS) is 10.1. The van der Waals surface area contributed by atoms with Crippen molar-refractivity contribution in [1.82, 2.24) is 0 Å². The van der Waals surface area contributed by atoms with Crippen LogP contribution in [0, 0.1) is 5.82 Å². The molecule has 0 spiro atoms. The lowest BCUT2D eigenvalue weighted by molar-refractivity contribution is 0.0478. The number of benzene rings is 1. The highest BCUT2D eigenvalue weighted by atomic mass is 32.1. The maximum Gasteiger partial charge on any atom is 0.348 e. The molecule has 2 rings (SSSR count). The summed E-state index contributed by atoms with van der Waals surface area (Å²) in [4.78, 5) is 12.0. The van der Waals surface area contributed by atoms with Gasteiger partial charge in [0.1, 0.15) is 17.3 Å². The van der Waals surface area contributed by atoms with Crippen molar-refractivity contribution in [1.29, 1.82) is 0 Å². The Morgan fingerprint density at radius 2 is 2.19 bits per heavy atom. The molecule has 2 aromatic rings. The molecule has 0 aliphatic rings. The predicted molar refractivity (Wildman–Crippen MR) is 59.8 cm³/mol. The van der Waals surface area contributed by atoms with Crippen molar-refractivity contribution in [2.24, 2.45) is 0 Å². The van der Waals surface area contributed by atoms with Gasteiger partial charge in [-0.1, -0.05) is 18.2 Å². The zero-order chi connectivity index (χ0) is 11.4. The molecule has 0 saturated carbocycles. The Balaban J connectivity index is 1.95. The van der Waals surface area contributed by atoms with Crippen LogP contribution in [0.4, 0.5) is 4.39 Å². The van der Waals surface area contributed by atoms with E-state index < -0.39 is 0 Å². The second kappa shape index (κ2) is 4.90. The standard InChI is InChI=1S/C12H9FO2S/c13-10-4-1-3-9(7-10)8-15-12(14)11-5-2-6-16-11/h1-7H,8H2. The Morgan fingerprint density at radius 1 is 1.31 bits per heavy atom.